The lowest BCUT2D eigenvalue weighted by molar-refractivity contribution is 0.290. The van der Waals surface area contributed by atoms with Crippen LogP contribution in [-0.2, 0) is 6.54 Å². The summed E-state index contributed by atoms with van der Waals surface area (Å²) in [6, 6.07) is 1.20. The van der Waals surface area contributed by atoms with Crippen LogP contribution in [0.2, 0.25) is 0 Å². The molecule has 0 spiro atoms. The van der Waals surface area contributed by atoms with Gasteiger partial charge in [0.2, 0.25) is 5.89 Å². The van der Waals surface area contributed by atoms with Crippen molar-refractivity contribution in [1.29, 1.82) is 0 Å². The molecule has 0 saturated carbocycles. The molecule has 1 heterocycles. The zero-order valence-electron chi connectivity index (χ0n) is 12.4. The van der Waals surface area contributed by atoms with Crippen LogP contribution in [0.1, 0.15) is 46.4 Å². The molecule has 1 aromatic heterocycles. The molecule has 1 aromatic rings. The van der Waals surface area contributed by atoms with Gasteiger partial charge in [-0.25, -0.2) is 0 Å². The normalized spacial score (nSPS) is 11.5. The number of rotatable bonds is 9. The fraction of sp³-hybridized carbons (Fsp3) is 0.846. The van der Waals surface area contributed by atoms with Gasteiger partial charge in [-0.3, -0.25) is 0 Å². The van der Waals surface area contributed by atoms with Crippen molar-refractivity contribution in [3.8, 4) is 0 Å². The summed E-state index contributed by atoms with van der Waals surface area (Å²) in [6.07, 6.45) is 1.97. The second-order valence-electron chi connectivity index (χ2n) is 4.90. The van der Waals surface area contributed by atoms with E-state index in [1.165, 1.54) is 0 Å². The fourth-order valence-corrected chi connectivity index (χ4v) is 2.00. The predicted molar refractivity (Wildman–Crippen MR) is 75.1 cm³/mol. The number of nitrogens with zero attached hydrogens (tertiary/aromatic N) is 3. The number of aliphatic hydroxyl groups is 1. The number of hydrogen-bond acceptors (Lipinski definition) is 6. The molecule has 110 valence electrons. The van der Waals surface area contributed by atoms with E-state index in [9.17, 15) is 5.11 Å². The van der Waals surface area contributed by atoms with E-state index in [-0.39, 0.29) is 6.61 Å². The summed E-state index contributed by atoms with van der Waals surface area (Å²) in [5.41, 5.74) is 0. The Kier molecular flexibility index (Phi) is 6.80. The highest BCUT2D eigenvalue weighted by Gasteiger charge is 2.20. The molecule has 1 rings (SSSR count). The maximum absolute atomic E-state index is 9.18. The smallest absolute Gasteiger partial charge is 0.318 e. The number of aromatic nitrogens is 2. The predicted octanol–water partition coefficient (Wildman–Crippen LogP) is 1.55. The topological polar surface area (TPSA) is 74.4 Å². The Labute approximate surface area is 115 Å². The lowest BCUT2D eigenvalue weighted by Crippen LogP contribution is -2.37. The standard InChI is InChI=1S/C13H26N4O2/c1-5-11(6-2)17(7-8-18)13-16-15-12(19-13)9-14-10(3)4/h10-11,14,18H,5-9H2,1-4H3. The maximum atomic E-state index is 9.18. The van der Waals surface area contributed by atoms with Gasteiger partial charge in [0, 0.05) is 18.6 Å². The Bertz CT molecular complexity index is 350. The Morgan fingerprint density at radius 3 is 2.47 bits per heavy atom. The number of hydrogen-bond donors (Lipinski definition) is 2. The molecule has 6 heteroatoms. The van der Waals surface area contributed by atoms with Crippen LogP contribution >= 0.6 is 0 Å². The van der Waals surface area contributed by atoms with Crippen molar-refractivity contribution in [2.75, 3.05) is 18.1 Å². The summed E-state index contributed by atoms with van der Waals surface area (Å²) < 4.78 is 5.66. The van der Waals surface area contributed by atoms with Gasteiger partial charge in [-0.05, 0) is 12.8 Å². The van der Waals surface area contributed by atoms with E-state index in [2.05, 4.69) is 43.2 Å². The van der Waals surface area contributed by atoms with E-state index >= 15 is 0 Å². The molecule has 0 fully saturated rings. The van der Waals surface area contributed by atoms with Gasteiger partial charge < -0.3 is 19.7 Å². The van der Waals surface area contributed by atoms with Gasteiger partial charge in [-0.15, -0.1) is 5.10 Å². The van der Waals surface area contributed by atoms with Crippen molar-refractivity contribution in [1.82, 2.24) is 15.5 Å². The van der Waals surface area contributed by atoms with Crippen molar-refractivity contribution >= 4 is 6.01 Å². The van der Waals surface area contributed by atoms with E-state index in [0.717, 1.165) is 12.8 Å². The summed E-state index contributed by atoms with van der Waals surface area (Å²) in [5, 5.41) is 20.5. The van der Waals surface area contributed by atoms with Gasteiger partial charge in [-0.1, -0.05) is 32.8 Å². The van der Waals surface area contributed by atoms with E-state index in [1.54, 1.807) is 0 Å². The molecule has 6 nitrogen and oxygen atoms in total. The van der Waals surface area contributed by atoms with Gasteiger partial charge in [0.25, 0.3) is 0 Å². The minimum atomic E-state index is 0.0818. The molecule has 0 amide bonds. The first-order chi connectivity index (χ1) is 9.12. The maximum Gasteiger partial charge on any atom is 0.318 e. The molecule has 0 unspecified atom stereocenters. The third kappa shape index (κ3) is 4.80. The quantitative estimate of drug-likeness (QED) is 0.709. The summed E-state index contributed by atoms with van der Waals surface area (Å²) in [5.74, 6) is 0.581. The fourth-order valence-electron chi connectivity index (χ4n) is 2.00. The van der Waals surface area contributed by atoms with Crippen LogP contribution in [-0.4, -0.2) is 40.5 Å². The largest absolute Gasteiger partial charge is 0.407 e. The monoisotopic (exact) mass is 270 g/mol. The third-order valence-corrected chi connectivity index (χ3v) is 3.09. The van der Waals surface area contributed by atoms with E-state index in [1.807, 2.05) is 4.90 Å². The van der Waals surface area contributed by atoms with Gasteiger partial charge >= 0.3 is 6.01 Å². The average Bonchev–Trinajstić information content (AvgIpc) is 2.85. The number of aliphatic hydroxyl groups excluding tert-OH is 1. The van der Waals surface area contributed by atoms with Crippen LogP contribution in [0.3, 0.4) is 0 Å². The van der Waals surface area contributed by atoms with Crippen LogP contribution in [0.4, 0.5) is 6.01 Å². The molecule has 0 aliphatic carbocycles. The molecular formula is C13H26N4O2. The molecule has 0 atom stereocenters. The Hall–Kier alpha value is -1.14. The van der Waals surface area contributed by atoms with Crippen molar-refractivity contribution in [3.05, 3.63) is 5.89 Å². The lowest BCUT2D eigenvalue weighted by Gasteiger charge is -2.27. The van der Waals surface area contributed by atoms with Gasteiger partial charge in [0.05, 0.1) is 13.2 Å². The highest BCUT2D eigenvalue weighted by atomic mass is 16.4. The van der Waals surface area contributed by atoms with Crippen LogP contribution < -0.4 is 10.2 Å². The third-order valence-electron chi connectivity index (χ3n) is 3.09. The van der Waals surface area contributed by atoms with Crippen molar-refractivity contribution in [2.45, 2.75) is 59.2 Å². The van der Waals surface area contributed by atoms with Crippen molar-refractivity contribution < 1.29 is 9.52 Å². The Morgan fingerprint density at radius 1 is 1.26 bits per heavy atom. The Balaban J connectivity index is 2.73. The zero-order valence-corrected chi connectivity index (χ0v) is 12.4. The van der Waals surface area contributed by atoms with E-state index < -0.39 is 0 Å². The zero-order chi connectivity index (χ0) is 14.3. The highest BCUT2D eigenvalue weighted by Crippen LogP contribution is 2.18. The number of nitrogens with one attached hydrogen (secondary N) is 1. The molecule has 0 saturated heterocycles. The summed E-state index contributed by atoms with van der Waals surface area (Å²) >= 11 is 0. The van der Waals surface area contributed by atoms with E-state index in [0.29, 0.717) is 37.1 Å². The van der Waals surface area contributed by atoms with Crippen molar-refractivity contribution in [3.63, 3.8) is 0 Å². The minimum Gasteiger partial charge on any atom is -0.407 e. The molecule has 0 aliphatic heterocycles. The molecule has 2 N–H and O–H groups in total. The summed E-state index contributed by atoms with van der Waals surface area (Å²) in [4.78, 5) is 1.99. The van der Waals surface area contributed by atoms with Crippen molar-refractivity contribution in [2.24, 2.45) is 0 Å². The Morgan fingerprint density at radius 2 is 1.95 bits per heavy atom. The second kappa shape index (κ2) is 8.12. The van der Waals surface area contributed by atoms with Crippen LogP contribution in [0.15, 0.2) is 4.42 Å². The molecule has 19 heavy (non-hydrogen) atoms. The summed E-state index contributed by atoms with van der Waals surface area (Å²) in [7, 11) is 0. The van der Waals surface area contributed by atoms with Gasteiger partial charge in [-0.2, -0.15) is 0 Å². The van der Waals surface area contributed by atoms with Gasteiger partial charge in [0.15, 0.2) is 0 Å². The first-order valence-electron chi connectivity index (χ1n) is 7.05. The molecule has 0 aliphatic rings. The first kappa shape index (κ1) is 15.9. The molecule has 0 bridgehead atoms. The van der Waals surface area contributed by atoms with Crippen LogP contribution in [0, 0.1) is 0 Å². The van der Waals surface area contributed by atoms with Crippen LogP contribution in [0.25, 0.3) is 0 Å². The summed E-state index contributed by atoms with van der Waals surface area (Å²) in [6.45, 7) is 9.55. The van der Waals surface area contributed by atoms with Crippen LogP contribution in [0.5, 0.6) is 0 Å². The second-order valence-corrected chi connectivity index (χ2v) is 4.90. The first-order valence-corrected chi connectivity index (χ1v) is 7.05. The van der Waals surface area contributed by atoms with Gasteiger partial charge in [0.1, 0.15) is 0 Å². The SMILES string of the molecule is CCC(CC)N(CCO)c1nnc(CNC(C)C)o1. The number of anilines is 1. The van der Waals surface area contributed by atoms with E-state index in [4.69, 9.17) is 4.42 Å². The highest BCUT2D eigenvalue weighted by molar-refractivity contribution is 5.26. The lowest BCUT2D eigenvalue weighted by atomic mass is 10.1. The molecular weight excluding hydrogens is 244 g/mol. The minimum absolute atomic E-state index is 0.0818. The molecule has 0 aromatic carbocycles. The molecule has 0 radical (unpaired) electrons. The average molecular weight is 270 g/mol.